The zero-order valence-electron chi connectivity index (χ0n) is 23.4. The first kappa shape index (κ1) is 25.2. The van der Waals surface area contributed by atoms with E-state index < -0.39 is 0 Å². The van der Waals surface area contributed by atoms with Gasteiger partial charge >= 0.3 is 0 Å². The Balaban J connectivity index is 1.16. The highest BCUT2D eigenvalue weighted by molar-refractivity contribution is 7.19. The molecule has 1 saturated heterocycles. The summed E-state index contributed by atoms with van der Waals surface area (Å²) in [6, 6.07) is 0.639. The van der Waals surface area contributed by atoms with Crippen LogP contribution in [-0.2, 0) is 4.79 Å². The van der Waals surface area contributed by atoms with Gasteiger partial charge < -0.3 is 15.4 Å². The molecule has 4 aromatic rings. The number of aromatic amines is 1. The van der Waals surface area contributed by atoms with Gasteiger partial charge in [0.1, 0.15) is 11.2 Å². The van der Waals surface area contributed by atoms with Crippen molar-refractivity contribution in [1.29, 1.82) is 0 Å². The average molecular weight is 547 g/mol. The smallest absolute Gasteiger partial charge is 0.234 e. The Labute approximate surface area is 232 Å². The number of nitrogens with one attached hydrogen (secondary N) is 2. The van der Waals surface area contributed by atoms with Crippen LogP contribution in [0.5, 0.6) is 0 Å². The molecular weight excluding hydrogens is 508 g/mol. The van der Waals surface area contributed by atoms with E-state index in [1.54, 1.807) is 6.33 Å². The van der Waals surface area contributed by atoms with Gasteiger partial charge in [-0.15, -0.1) is 11.3 Å². The summed E-state index contributed by atoms with van der Waals surface area (Å²) in [6.45, 7) is 12.7. The first-order valence-corrected chi connectivity index (χ1v) is 15.2. The molecular formula is C30H38N6O2S. The second-order valence-corrected chi connectivity index (χ2v) is 13.5. The van der Waals surface area contributed by atoms with Gasteiger partial charge in [0.05, 0.1) is 18.3 Å². The van der Waals surface area contributed by atoms with Gasteiger partial charge in [-0.3, -0.25) is 9.69 Å². The summed E-state index contributed by atoms with van der Waals surface area (Å²) in [7, 11) is 0. The van der Waals surface area contributed by atoms with Crippen LogP contribution >= 0.6 is 11.3 Å². The highest BCUT2D eigenvalue weighted by atomic mass is 32.1. The van der Waals surface area contributed by atoms with E-state index in [-0.39, 0.29) is 18.1 Å². The molecule has 1 amide bonds. The number of nitrogens with zero attached hydrogens (tertiary/aromatic N) is 4. The van der Waals surface area contributed by atoms with Crippen molar-refractivity contribution in [3.63, 3.8) is 0 Å². The van der Waals surface area contributed by atoms with E-state index in [0.29, 0.717) is 43.2 Å². The summed E-state index contributed by atoms with van der Waals surface area (Å²) in [5.74, 6) is 1.67. The van der Waals surface area contributed by atoms with Gasteiger partial charge in [0, 0.05) is 40.7 Å². The molecule has 4 aromatic heterocycles. The van der Waals surface area contributed by atoms with Crippen LogP contribution in [0.4, 0.5) is 0 Å². The molecule has 2 aliphatic carbocycles. The fraction of sp³-hybridized carbons (Fsp3) is 0.567. The van der Waals surface area contributed by atoms with Gasteiger partial charge in [-0.25, -0.2) is 9.50 Å². The quantitative estimate of drug-likeness (QED) is 0.323. The third-order valence-corrected chi connectivity index (χ3v) is 11.1. The number of carbonyl (C=O) groups is 1. The van der Waals surface area contributed by atoms with Gasteiger partial charge in [0.2, 0.25) is 5.91 Å². The Bertz CT molecular complexity index is 1590. The Hall–Kier alpha value is -2.75. The maximum atomic E-state index is 12.6. The van der Waals surface area contributed by atoms with Crippen molar-refractivity contribution in [2.75, 3.05) is 13.1 Å². The lowest BCUT2D eigenvalue weighted by molar-refractivity contribution is -0.124. The molecule has 9 heteroatoms. The summed E-state index contributed by atoms with van der Waals surface area (Å²) < 4.78 is 1.89. The van der Waals surface area contributed by atoms with E-state index in [4.69, 9.17) is 0 Å². The van der Waals surface area contributed by atoms with E-state index >= 15 is 0 Å². The number of aliphatic hydroxyl groups is 1. The number of aliphatic hydroxyl groups excluding tert-OH is 1. The van der Waals surface area contributed by atoms with Crippen LogP contribution in [0.15, 0.2) is 12.5 Å². The molecule has 1 aliphatic heterocycles. The molecule has 39 heavy (non-hydrogen) atoms. The molecule has 3 N–H and O–H groups in total. The van der Waals surface area contributed by atoms with E-state index in [1.165, 1.54) is 55.0 Å². The van der Waals surface area contributed by atoms with Crippen LogP contribution in [0, 0.1) is 26.7 Å². The Morgan fingerprint density at radius 1 is 1.18 bits per heavy atom. The fourth-order valence-electron chi connectivity index (χ4n) is 7.57. The van der Waals surface area contributed by atoms with Crippen LogP contribution in [0.3, 0.4) is 0 Å². The Morgan fingerprint density at radius 3 is 2.67 bits per heavy atom. The number of aryl methyl sites for hydroxylation is 2. The number of amides is 1. The minimum atomic E-state index is -0.239. The van der Waals surface area contributed by atoms with E-state index in [1.807, 2.05) is 15.9 Å². The number of aromatic nitrogens is 4. The number of thiophene rings is 1. The molecule has 3 fully saturated rings. The number of hydrogen-bond donors (Lipinski definition) is 3. The number of hydrogen-bond acceptors (Lipinski definition) is 6. The molecule has 0 aromatic carbocycles. The van der Waals surface area contributed by atoms with Gasteiger partial charge in [-0.1, -0.05) is 13.8 Å². The standard InChI is InChI=1S/C30H38N6O2S/c1-14(2)25-26-17(5)28(22-9-20-6-18(22)10-35(20)12-24(38)33-19-7-21(37)8-19)39-30(26)34-27(25)23-11-36-29(31-13-32-36)16(4)15(23)3/h11,13-14,18-22,34,37H,6-10,12H2,1-5H3,(H,33,38)/t18-,19-,20?,21+,22+/m0/s1. The molecule has 206 valence electrons. The average Bonchev–Trinajstić information content (AvgIpc) is 3.67. The normalized spacial score (nSPS) is 26.8. The minimum absolute atomic E-state index is 0.111. The van der Waals surface area contributed by atoms with Gasteiger partial charge in [0.15, 0.2) is 5.65 Å². The van der Waals surface area contributed by atoms with Crippen molar-refractivity contribution in [2.45, 2.75) is 90.3 Å². The molecule has 7 rings (SSSR count). The topological polar surface area (TPSA) is 98.5 Å². The number of pyridine rings is 1. The zero-order chi connectivity index (χ0) is 27.2. The van der Waals surface area contributed by atoms with E-state index in [0.717, 1.165) is 18.6 Å². The molecule has 3 atom stereocenters. The molecule has 0 spiro atoms. The summed E-state index contributed by atoms with van der Waals surface area (Å²) >= 11 is 1.95. The molecule has 1 unspecified atom stereocenters. The molecule has 8 nitrogen and oxygen atoms in total. The zero-order valence-corrected chi connectivity index (χ0v) is 24.2. The SMILES string of the molecule is Cc1c(-c2[nH]c3sc([C@@H]4CC5C[C@H]4CN5CC(=O)N[C@H]4C[C@@H](O)C4)c(C)c3c2C(C)C)cn2ncnc2c1C. The Morgan fingerprint density at radius 2 is 1.97 bits per heavy atom. The summed E-state index contributed by atoms with van der Waals surface area (Å²) in [4.78, 5) is 26.1. The molecule has 2 bridgehead atoms. The summed E-state index contributed by atoms with van der Waals surface area (Å²) in [6.07, 6.45) is 7.21. The van der Waals surface area contributed by atoms with Gasteiger partial charge in [-0.2, -0.15) is 5.10 Å². The molecule has 3 aliphatic rings. The summed E-state index contributed by atoms with van der Waals surface area (Å²) in [5.41, 5.74) is 8.57. The monoisotopic (exact) mass is 546 g/mol. The minimum Gasteiger partial charge on any atom is -0.393 e. The van der Waals surface area contributed by atoms with E-state index in [2.05, 4.69) is 66.1 Å². The van der Waals surface area contributed by atoms with Crippen molar-refractivity contribution >= 4 is 33.1 Å². The summed E-state index contributed by atoms with van der Waals surface area (Å²) in [5, 5.41) is 18.4. The predicted molar refractivity (Wildman–Crippen MR) is 154 cm³/mol. The van der Waals surface area contributed by atoms with Crippen LogP contribution in [0.25, 0.3) is 27.1 Å². The van der Waals surface area contributed by atoms with Crippen molar-refractivity contribution in [2.24, 2.45) is 5.92 Å². The largest absolute Gasteiger partial charge is 0.393 e. The first-order chi connectivity index (χ1) is 18.7. The lowest BCUT2D eigenvalue weighted by Crippen LogP contribution is -2.50. The maximum absolute atomic E-state index is 12.6. The number of piperidine rings is 1. The third-order valence-electron chi connectivity index (χ3n) is 9.75. The van der Waals surface area contributed by atoms with Crippen molar-refractivity contribution in [1.82, 2.24) is 29.8 Å². The van der Waals surface area contributed by atoms with Crippen molar-refractivity contribution in [3.05, 3.63) is 39.7 Å². The predicted octanol–water partition coefficient (Wildman–Crippen LogP) is 4.81. The number of H-pyrrole nitrogens is 1. The Kier molecular flexibility index (Phi) is 5.92. The van der Waals surface area contributed by atoms with E-state index in [9.17, 15) is 9.90 Å². The van der Waals surface area contributed by atoms with Crippen LogP contribution in [0.1, 0.15) is 78.5 Å². The van der Waals surface area contributed by atoms with Crippen molar-refractivity contribution < 1.29 is 9.90 Å². The second-order valence-electron chi connectivity index (χ2n) is 12.5. The highest BCUT2D eigenvalue weighted by Crippen LogP contribution is 2.53. The lowest BCUT2D eigenvalue weighted by Gasteiger charge is -2.34. The van der Waals surface area contributed by atoms with Gasteiger partial charge in [-0.05, 0) is 86.5 Å². The van der Waals surface area contributed by atoms with Crippen LogP contribution in [0.2, 0.25) is 0 Å². The highest BCUT2D eigenvalue weighted by Gasteiger charge is 2.47. The van der Waals surface area contributed by atoms with Crippen LogP contribution in [-0.4, -0.2) is 66.8 Å². The molecule has 5 heterocycles. The maximum Gasteiger partial charge on any atom is 0.234 e. The second kappa shape index (κ2) is 9.14. The van der Waals surface area contributed by atoms with Crippen molar-refractivity contribution in [3.8, 4) is 11.3 Å². The number of rotatable bonds is 6. The molecule has 2 saturated carbocycles. The number of fused-ring (bicyclic) bond motifs is 4. The molecule has 0 radical (unpaired) electrons. The first-order valence-electron chi connectivity index (χ1n) is 14.4. The fourth-order valence-corrected chi connectivity index (χ4v) is 9.00. The van der Waals surface area contributed by atoms with Crippen LogP contribution < -0.4 is 5.32 Å². The third kappa shape index (κ3) is 3.96. The number of likely N-dealkylation sites (tertiary alicyclic amines) is 1. The lowest BCUT2D eigenvalue weighted by atomic mass is 9.88. The van der Waals surface area contributed by atoms with Gasteiger partial charge in [0.25, 0.3) is 0 Å². The number of carbonyl (C=O) groups excluding carboxylic acids is 1.